The van der Waals surface area contributed by atoms with Crippen molar-refractivity contribution in [2.75, 3.05) is 6.54 Å². The van der Waals surface area contributed by atoms with Crippen LogP contribution in [0, 0.1) is 18.2 Å². The lowest BCUT2D eigenvalue weighted by Crippen LogP contribution is -2.24. The van der Waals surface area contributed by atoms with E-state index in [1.165, 1.54) is 25.7 Å². The molecule has 0 unspecified atom stereocenters. The van der Waals surface area contributed by atoms with Crippen molar-refractivity contribution in [3.05, 3.63) is 35.1 Å². The smallest absolute Gasteiger partial charge is 0.127 e. The first kappa shape index (κ1) is 12.6. The van der Waals surface area contributed by atoms with Crippen molar-refractivity contribution in [3.63, 3.8) is 0 Å². The number of benzene rings is 1. The Morgan fingerprint density at radius 1 is 1.35 bits per heavy atom. The number of nitrogens with one attached hydrogen (secondary N) is 1. The van der Waals surface area contributed by atoms with E-state index in [0.29, 0.717) is 12.0 Å². The van der Waals surface area contributed by atoms with Gasteiger partial charge in [-0.2, -0.15) is 0 Å². The van der Waals surface area contributed by atoms with Gasteiger partial charge in [-0.3, -0.25) is 0 Å². The van der Waals surface area contributed by atoms with Gasteiger partial charge in [-0.1, -0.05) is 31.0 Å². The first-order chi connectivity index (χ1) is 8.15. The molecule has 1 aromatic rings. The van der Waals surface area contributed by atoms with Crippen LogP contribution in [0.4, 0.5) is 4.39 Å². The molecular weight excluding hydrogens is 213 g/mol. The summed E-state index contributed by atoms with van der Waals surface area (Å²) in [7, 11) is 0. The molecule has 2 rings (SSSR count). The predicted octanol–water partition coefficient (Wildman–Crippen LogP) is 3.80. The molecule has 0 amide bonds. The van der Waals surface area contributed by atoms with Crippen LogP contribution in [0.2, 0.25) is 0 Å². The van der Waals surface area contributed by atoms with Crippen LogP contribution in [0.3, 0.4) is 0 Å². The van der Waals surface area contributed by atoms with Gasteiger partial charge in [0.05, 0.1) is 0 Å². The zero-order chi connectivity index (χ0) is 12.3. The summed E-state index contributed by atoms with van der Waals surface area (Å²) in [5, 5.41) is 3.42. The highest BCUT2D eigenvalue weighted by Gasteiger charge is 2.40. The first-order valence-electron chi connectivity index (χ1n) is 6.61. The van der Waals surface area contributed by atoms with Gasteiger partial charge in [-0.15, -0.1) is 0 Å². The van der Waals surface area contributed by atoms with Gasteiger partial charge in [-0.25, -0.2) is 4.39 Å². The van der Waals surface area contributed by atoms with E-state index in [2.05, 4.69) is 12.2 Å². The standard InChI is InChI=1S/C15H22FN/c1-3-6-15(7-8-15)11-17-10-13-9-12(2)4-5-14(13)16/h4-5,9,17H,3,6-8,10-11H2,1-2H3. The molecule has 2 heteroatoms. The molecule has 1 aromatic carbocycles. The Kier molecular flexibility index (Phi) is 3.82. The minimum absolute atomic E-state index is 0.0940. The monoisotopic (exact) mass is 235 g/mol. The van der Waals surface area contributed by atoms with Crippen LogP contribution < -0.4 is 5.32 Å². The molecule has 1 aliphatic carbocycles. The minimum Gasteiger partial charge on any atom is -0.312 e. The average Bonchev–Trinajstić information content (AvgIpc) is 3.04. The van der Waals surface area contributed by atoms with Gasteiger partial charge >= 0.3 is 0 Å². The third-order valence-electron chi connectivity index (χ3n) is 3.75. The Bertz CT molecular complexity index is 383. The zero-order valence-corrected chi connectivity index (χ0v) is 10.9. The van der Waals surface area contributed by atoms with E-state index in [1.54, 1.807) is 6.07 Å². The number of rotatable bonds is 6. The molecule has 1 N–H and O–H groups in total. The lowest BCUT2D eigenvalue weighted by Gasteiger charge is -2.15. The van der Waals surface area contributed by atoms with Gasteiger partial charge in [-0.05, 0) is 37.7 Å². The van der Waals surface area contributed by atoms with E-state index in [-0.39, 0.29) is 5.82 Å². The molecule has 0 aromatic heterocycles. The molecule has 1 saturated carbocycles. The van der Waals surface area contributed by atoms with Gasteiger partial charge in [0.25, 0.3) is 0 Å². The number of halogens is 1. The van der Waals surface area contributed by atoms with E-state index < -0.39 is 0 Å². The molecule has 0 spiro atoms. The predicted molar refractivity (Wildman–Crippen MR) is 69.4 cm³/mol. The quantitative estimate of drug-likeness (QED) is 0.790. The molecule has 0 heterocycles. The summed E-state index contributed by atoms with van der Waals surface area (Å²) in [4.78, 5) is 0. The van der Waals surface area contributed by atoms with E-state index in [0.717, 1.165) is 17.7 Å². The molecule has 0 radical (unpaired) electrons. The highest BCUT2D eigenvalue weighted by molar-refractivity contribution is 5.23. The van der Waals surface area contributed by atoms with Crippen molar-refractivity contribution in [1.29, 1.82) is 0 Å². The second kappa shape index (κ2) is 5.18. The fourth-order valence-corrected chi connectivity index (χ4v) is 2.52. The molecule has 0 bridgehead atoms. The highest BCUT2D eigenvalue weighted by Crippen LogP contribution is 2.48. The van der Waals surface area contributed by atoms with Crippen LogP contribution in [0.5, 0.6) is 0 Å². The second-order valence-corrected chi connectivity index (χ2v) is 5.45. The Labute approximate surface area is 103 Å². The third kappa shape index (κ3) is 3.29. The molecule has 1 fully saturated rings. The van der Waals surface area contributed by atoms with E-state index in [1.807, 2.05) is 19.1 Å². The molecule has 1 aliphatic rings. The maximum atomic E-state index is 13.5. The van der Waals surface area contributed by atoms with E-state index in [4.69, 9.17) is 0 Å². The first-order valence-corrected chi connectivity index (χ1v) is 6.61. The van der Waals surface area contributed by atoms with Crippen molar-refractivity contribution in [2.45, 2.75) is 46.1 Å². The Hall–Kier alpha value is -0.890. The average molecular weight is 235 g/mol. The maximum absolute atomic E-state index is 13.5. The number of hydrogen-bond acceptors (Lipinski definition) is 1. The molecule has 0 aliphatic heterocycles. The SMILES string of the molecule is CCCC1(CNCc2cc(C)ccc2F)CC1. The van der Waals surface area contributed by atoms with Crippen LogP contribution in [0.25, 0.3) is 0 Å². The lowest BCUT2D eigenvalue weighted by molar-refractivity contribution is 0.418. The van der Waals surface area contributed by atoms with Crippen LogP contribution in [-0.2, 0) is 6.54 Å². The number of hydrogen-bond donors (Lipinski definition) is 1. The molecule has 17 heavy (non-hydrogen) atoms. The second-order valence-electron chi connectivity index (χ2n) is 5.45. The third-order valence-corrected chi connectivity index (χ3v) is 3.75. The fourth-order valence-electron chi connectivity index (χ4n) is 2.52. The van der Waals surface area contributed by atoms with E-state index in [9.17, 15) is 4.39 Å². The Balaban J connectivity index is 1.84. The van der Waals surface area contributed by atoms with E-state index >= 15 is 0 Å². The van der Waals surface area contributed by atoms with Crippen LogP contribution >= 0.6 is 0 Å². The normalized spacial score (nSPS) is 17.1. The van der Waals surface area contributed by atoms with Gasteiger partial charge in [0.2, 0.25) is 0 Å². The summed E-state index contributed by atoms with van der Waals surface area (Å²) >= 11 is 0. The molecule has 0 saturated heterocycles. The summed E-state index contributed by atoms with van der Waals surface area (Å²) < 4.78 is 13.5. The highest BCUT2D eigenvalue weighted by atomic mass is 19.1. The summed E-state index contributed by atoms with van der Waals surface area (Å²) in [5.74, 6) is -0.0940. The Morgan fingerprint density at radius 3 is 2.76 bits per heavy atom. The summed E-state index contributed by atoms with van der Waals surface area (Å²) in [6.45, 7) is 5.93. The van der Waals surface area contributed by atoms with Crippen molar-refractivity contribution in [1.82, 2.24) is 5.32 Å². The zero-order valence-electron chi connectivity index (χ0n) is 10.9. The summed E-state index contributed by atoms with van der Waals surface area (Å²) in [5.41, 5.74) is 2.45. The lowest BCUT2D eigenvalue weighted by atomic mass is 10.0. The van der Waals surface area contributed by atoms with Gasteiger partial charge < -0.3 is 5.32 Å². The van der Waals surface area contributed by atoms with Gasteiger partial charge in [0, 0.05) is 18.7 Å². The van der Waals surface area contributed by atoms with Crippen LogP contribution in [0.15, 0.2) is 18.2 Å². The van der Waals surface area contributed by atoms with Gasteiger partial charge in [0.1, 0.15) is 5.82 Å². The molecular formula is C15H22FN. The molecule has 0 atom stereocenters. The van der Waals surface area contributed by atoms with Gasteiger partial charge in [0.15, 0.2) is 0 Å². The molecule has 94 valence electrons. The van der Waals surface area contributed by atoms with Crippen molar-refractivity contribution in [2.24, 2.45) is 5.41 Å². The van der Waals surface area contributed by atoms with Crippen LogP contribution in [-0.4, -0.2) is 6.54 Å². The Morgan fingerprint density at radius 2 is 2.12 bits per heavy atom. The topological polar surface area (TPSA) is 12.0 Å². The fraction of sp³-hybridized carbons (Fsp3) is 0.600. The summed E-state index contributed by atoms with van der Waals surface area (Å²) in [6, 6.07) is 5.31. The summed E-state index contributed by atoms with van der Waals surface area (Å²) in [6.07, 6.45) is 5.23. The van der Waals surface area contributed by atoms with Crippen molar-refractivity contribution >= 4 is 0 Å². The van der Waals surface area contributed by atoms with Crippen LogP contribution in [0.1, 0.15) is 43.7 Å². The number of aryl methyl sites for hydroxylation is 1. The van der Waals surface area contributed by atoms with Crippen molar-refractivity contribution in [3.8, 4) is 0 Å². The minimum atomic E-state index is -0.0940. The largest absolute Gasteiger partial charge is 0.312 e. The van der Waals surface area contributed by atoms with Crippen molar-refractivity contribution < 1.29 is 4.39 Å². The maximum Gasteiger partial charge on any atom is 0.127 e. The molecule has 1 nitrogen and oxygen atoms in total.